The van der Waals surface area contributed by atoms with Gasteiger partial charge in [0.05, 0.1) is 11.3 Å². The number of benzene rings is 1. The fourth-order valence-corrected chi connectivity index (χ4v) is 2.39. The molecule has 0 unspecified atom stereocenters. The first-order chi connectivity index (χ1) is 9.45. The highest BCUT2D eigenvalue weighted by Gasteiger charge is 2.17. The minimum atomic E-state index is -1.05. The lowest BCUT2D eigenvalue weighted by Gasteiger charge is -2.07. The van der Waals surface area contributed by atoms with Crippen LogP contribution in [-0.2, 0) is 6.54 Å². The lowest BCUT2D eigenvalue weighted by molar-refractivity contribution is 0.0696. The second-order valence-corrected chi connectivity index (χ2v) is 4.81. The van der Waals surface area contributed by atoms with Crippen molar-refractivity contribution in [2.45, 2.75) is 33.7 Å². The SMILES string of the molecule is CCCn1nc(C)c(-c2ccc(C(=O)O)cc2O)c1C. The first kappa shape index (κ1) is 14.1. The maximum Gasteiger partial charge on any atom is 0.335 e. The molecule has 0 amide bonds. The molecule has 1 heterocycles. The monoisotopic (exact) mass is 274 g/mol. The zero-order chi connectivity index (χ0) is 14.9. The molecule has 0 atom stereocenters. The van der Waals surface area contributed by atoms with Gasteiger partial charge in [-0.15, -0.1) is 0 Å². The molecule has 2 aromatic rings. The lowest BCUT2D eigenvalue weighted by Crippen LogP contribution is -2.01. The molecule has 0 bridgehead atoms. The van der Waals surface area contributed by atoms with Crippen molar-refractivity contribution in [1.82, 2.24) is 9.78 Å². The van der Waals surface area contributed by atoms with E-state index in [4.69, 9.17) is 5.11 Å². The van der Waals surface area contributed by atoms with Crippen LogP contribution in [0.5, 0.6) is 5.75 Å². The molecule has 0 aliphatic carbocycles. The maximum atomic E-state index is 10.9. The molecular weight excluding hydrogens is 256 g/mol. The first-order valence-electron chi connectivity index (χ1n) is 6.56. The normalized spacial score (nSPS) is 10.8. The summed E-state index contributed by atoms with van der Waals surface area (Å²) in [6, 6.07) is 4.40. The minimum Gasteiger partial charge on any atom is -0.507 e. The Hall–Kier alpha value is -2.30. The lowest BCUT2D eigenvalue weighted by atomic mass is 10.0. The molecule has 5 heteroatoms. The van der Waals surface area contributed by atoms with Crippen LogP contribution < -0.4 is 0 Å². The van der Waals surface area contributed by atoms with Gasteiger partial charge in [0.25, 0.3) is 0 Å². The summed E-state index contributed by atoms with van der Waals surface area (Å²) in [6.07, 6.45) is 0.978. The maximum absolute atomic E-state index is 10.9. The minimum absolute atomic E-state index is 0.0350. The van der Waals surface area contributed by atoms with Crippen LogP contribution >= 0.6 is 0 Å². The molecule has 1 aromatic carbocycles. The number of aromatic hydroxyl groups is 1. The Morgan fingerprint density at radius 3 is 2.60 bits per heavy atom. The van der Waals surface area contributed by atoms with E-state index in [9.17, 15) is 9.90 Å². The highest BCUT2D eigenvalue weighted by molar-refractivity contribution is 5.90. The van der Waals surface area contributed by atoms with Gasteiger partial charge in [0.2, 0.25) is 0 Å². The summed E-state index contributed by atoms with van der Waals surface area (Å²) in [6.45, 7) is 6.74. The van der Waals surface area contributed by atoms with Gasteiger partial charge in [-0.2, -0.15) is 5.10 Å². The Morgan fingerprint density at radius 1 is 1.35 bits per heavy atom. The number of rotatable bonds is 4. The third-order valence-electron chi connectivity index (χ3n) is 3.33. The topological polar surface area (TPSA) is 75.4 Å². The molecular formula is C15H18N2O3. The van der Waals surface area contributed by atoms with Crippen molar-refractivity contribution in [3.05, 3.63) is 35.2 Å². The molecule has 1 aromatic heterocycles. The van der Waals surface area contributed by atoms with E-state index in [-0.39, 0.29) is 11.3 Å². The second-order valence-electron chi connectivity index (χ2n) is 4.81. The van der Waals surface area contributed by atoms with Gasteiger partial charge in [0, 0.05) is 23.4 Å². The third kappa shape index (κ3) is 2.39. The molecule has 5 nitrogen and oxygen atoms in total. The number of hydrogen-bond donors (Lipinski definition) is 2. The molecule has 0 aliphatic heterocycles. The number of hydrogen-bond acceptors (Lipinski definition) is 3. The van der Waals surface area contributed by atoms with Crippen LogP contribution in [0.4, 0.5) is 0 Å². The van der Waals surface area contributed by atoms with E-state index >= 15 is 0 Å². The summed E-state index contributed by atoms with van der Waals surface area (Å²) in [7, 11) is 0. The number of aromatic carboxylic acids is 1. The molecule has 0 radical (unpaired) electrons. The van der Waals surface area contributed by atoms with E-state index in [0.717, 1.165) is 29.9 Å². The second kappa shape index (κ2) is 5.36. The average Bonchev–Trinajstić information content (AvgIpc) is 2.65. The molecule has 2 N–H and O–H groups in total. The highest BCUT2D eigenvalue weighted by atomic mass is 16.4. The summed E-state index contributed by atoms with van der Waals surface area (Å²) in [5.74, 6) is -1.09. The van der Waals surface area contributed by atoms with Gasteiger partial charge in [-0.25, -0.2) is 4.79 Å². The Morgan fingerprint density at radius 2 is 2.05 bits per heavy atom. The van der Waals surface area contributed by atoms with Crippen molar-refractivity contribution >= 4 is 5.97 Å². The van der Waals surface area contributed by atoms with Crippen LogP contribution in [0.2, 0.25) is 0 Å². The van der Waals surface area contributed by atoms with E-state index in [1.54, 1.807) is 6.07 Å². The molecule has 0 fully saturated rings. The number of aromatic nitrogens is 2. The molecule has 0 spiro atoms. The Balaban J connectivity index is 2.54. The van der Waals surface area contributed by atoms with Crippen LogP contribution in [0.25, 0.3) is 11.1 Å². The molecule has 0 saturated carbocycles. The fourth-order valence-electron chi connectivity index (χ4n) is 2.39. The smallest absolute Gasteiger partial charge is 0.335 e. The van der Waals surface area contributed by atoms with Gasteiger partial charge in [-0.1, -0.05) is 6.92 Å². The predicted octanol–water partition coefficient (Wildman–Crippen LogP) is 2.98. The number of nitrogens with zero attached hydrogens (tertiary/aromatic N) is 2. The van der Waals surface area contributed by atoms with Gasteiger partial charge < -0.3 is 10.2 Å². The molecule has 0 aliphatic rings. The van der Waals surface area contributed by atoms with Crippen LogP contribution in [0, 0.1) is 13.8 Å². The first-order valence-corrected chi connectivity index (χ1v) is 6.56. The Labute approximate surface area is 117 Å². The van der Waals surface area contributed by atoms with Crippen molar-refractivity contribution in [3.8, 4) is 16.9 Å². The van der Waals surface area contributed by atoms with Crippen molar-refractivity contribution in [1.29, 1.82) is 0 Å². The van der Waals surface area contributed by atoms with E-state index in [0.29, 0.717) is 5.56 Å². The molecule has 2 rings (SSSR count). The Kier molecular flexibility index (Phi) is 3.79. The number of aryl methyl sites for hydroxylation is 2. The molecule has 106 valence electrons. The van der Waals surface area contributed by atoms with Gasteiger partial charge in [0.15, 0.2) is 0 Å². The van der Waals surface area contributed by atoms with E-state index in [1.807, 2.05) is 18.5 Å². The number of carboxylic acid groups (broad SMARTS) is 1. The number of phenolic OH excluding ortho intramolecular Hbond substituents is 1. The van der Waals surface area contributed by atoms with E-state index in [1.165, 1.54) is 12.1 Å². The number of carbonyl (C=O) groups is 1. The predicted molar refractivity (Wildman–Crippen MR) is 76.1 cm³/mol. The summed E-state index contributed by atoms with van der Waals surface area (Å²) in [5.41, 5.74) is 3.36. The largest absolute Gasteiger partial charge is 0.507 e. The molecule has 20 heavy (non-hydrogen) atoms. The zero-order valence-electron chi connectivity index (χ0n) is 11.8. The zero-order valence-corrected chi connectivity index (χ0v) is 11.8. The van der Waals surface area contributed by atoms with E-state index < -0.39 is 5.97 Å². The van der Waals surface area contributed by atoms with Crippen LogP contribution in [0.1, 0.15) is 35.1 Å². The summed E-state index contributed by atoms with van der Waals surface area (Å²) in [4.78, 5) is 10.9. The van der Waals surface area contributed by atoms with Crippen molar-refractivity contribution in [3.63, 3.8) is 0 Å². The van der Waals surface area contributed by atoms with E-state index in [2.05, 4.69) is 12.0 Å². The standard InChI is InChI=1S/C15H18N2O3/c1-4-7-17-10(3)14(9(2)16-17)12-6-5-11(15(19)20)8-13(12)18/h5-6,8,18H,4,7H2,1-3H3,(H,19,20). The van der Waals surface area contributed by atoms with Gasteiger partial charge >= 0.3 is 5.97 Å². The van der Waals surface area contributed by atoms with Crippen LogP contribution in [0.3, 0.4) is 0 Å². The summed E-state index contributed by atoms with van der Waals surface area (Å²) >= 11 is 0. The highest BCUT2D eigenvalue weighted by Crippen LogP contribution is 2.34. The van der Waals surface area contributed by atoms with Crippen molar-refractivity contribution in [2.24, 2.45) is 0 Å². The average molecular weight is 274 g/mol. The van der Waals surface area contributed by atoms with Gasteiger partial charge in [0.1, 0.15) is 5.75 Å². The Bertz CT molecular complexity index is 659. The molecule has 0 saturated heterocycles. The van der Waals surface area contributed by atoms with Crippen LogP contribution in [0.15, 0.2) is 18.2 Å². The van der Waals surface area contributed by atoms with Gasteiger partial charge in [-0.05, 0) is 38.5 Å². The van der Waals surface area contributed by atoms with Crippen LogP contribution in [-0.4, -0.2) is 26.0 Å². The van der Waals surface area contributed by atoms with Gasteiger partial charge in [-0.3, -0.25) is 4.68 Å². The summed E-state index contributed by atoms with van der Waals surface area (Å²) < 4.78 is 1.91. The summed E-state index contributed by atoms with van der Waals surface area (Å²) in [5, 5.41) is 23.5. The fraction of sp³-hybridized carbons (Fsp3) is 0.333. The number of carboxylic acids is 1. The van der Waals surface area contributed by atoms with Crippen molar-refractivity contribution in [2.75, 3.05) is 0 Å². The quantitative estimate of drug-likeness (QED) is 0.898. The third-order valence-corrected chi connectivity index (χ3v) is 3.33. The number of phenols is 1. The van der Waals surface area contributed by atoms with Crippen molar-refractivity contribution < 1.29 is 15.0 Å².